The van der Waals surface area contributed by atoms with Gasteiger partial charge in [-0.2, -0.15) is 13.2 Å². The van der Waals surface area contributed by atoms with Crippen LogP contribution in [0.15, 0.2) is 103 Å². The van der Waals surface area contributed by atoms with Crippen LogP contribution in [0.4, 0.5) is 13.2 Å². The van der Waals surface area contributed by atoms with Crippen molar-refractivity contribution in [2.45, 2.75) is 25.2 Å². The summed E-state index contributed by atoms with van der Waals surface area (Å²) in [6.45, 7) is -0.0535. The average molecular weight is 547 g/mol. The number of ketones is 1. The first kappa shape index (κ1) is 28.6. The second-order valence-corrected chi connectivity index (χ2v) is 9.30. The molecule has 5 nitrogen and oxygen atoms in total. The van der Waals surface area contributed by atoms with Gasteiger partial charge in [0.25, 0.3) is 5.91 Å². The number of alkyl halides is 3. The third-order valence-electron chi connectivity index (χ3n) is 6.39. The van der Waals surface area contributed by atoms with Crippen LogP contribution >= 0.6 is 0 Å². The summed E-state index contributed by atoms with van der Waals surface area (Å²) in [6.07, 6.45) is -4.17. The molecule has 0 saturated heterocycles. The predicted octanol–water partition coefficient (Wildman–Crippen LogP) is 6.08. The average Bonchev–Trinajstić information content (AvgIpc) is 2.97. The highest BCUT2D eigenvalue weighted by Crippen LogP contribution is 2.29. The minimum absolute atomic E-state index is 0.0737. The third kappa shape index (κ3) is 7.80. The highest BCUT2D eigenvalue weighted by molar-refractivity contribution is 5.99. The van der Waals surface area contributed by atoms with E-state index in [1.807, 2.05) is 60.7 Å². The normalized spacial score (nSPS) is 12.0. The number of ether oxygens (including phenoxy) is 1. The minimum atomic E-state index is -4.44. The van der Waals surface area contributed by atoms with E-state index in [9.17, 15) is 22.8 Å². The molecule has 1 amide bonds. The van der Waals surface area contributed by atoms with E-state index in [-0.39, 0.29) is 25.3 Å². The van der Waals surface area contributed by atoms with Crippen molar-refractivity contribution in [2.24, 2.45) is 0 Å². The van der Waals surface area contributed by atoms with E-state index in [1.165, 1.54) is 6.07 Å². The summed E-state index contributed by atoms with van der Waals surface area (Å²) in [7, 11) is 1.58. The molecule has 8 heteroatoms. The van der Waals surface area contributed by atoms with Crippen molar-refractivity contribution >= 4 is 11.7 Å². The molecule has 0 radical (unpaired) electrons. The van der Waals surface area contributed by atoms with Crippen LogP contribution in [-0.4, -0.2) is 31.4 Å². The van der Waals surface area contributed by atoms with Gasteiger partial charge in [0, 0.05) is 12.1 Å². The molecule has 206 valence electrons. The number of nitrogens with one attached hydrogen (secondary N) is 2. The molecule has 0 spiro atoms. The van der Waals surface area contributed by atoms with Gasteiger partial charge in [0.05, 0.1) is 25.3 Å². The van der Waals surface area contributed by atoms with Gasteiger partial charge in [-0.25, -0.2) is 0 Å². The molecule has 0 heterocycles. The van der Waals surface area contributed by atoms with Gasteiger partial charge >= 0.3 is 6.18 Å². The van der Waals surface area contributed by atoms with Gasteiger partial charge in [0.2, 0.25) is 0 Å². The summed E-state index contributed by atoms with van der Waals surface area (Å²) in [5.74, 6) is 0.00328. The van der Waals surface area contributed by atoms with E-state index >= 15 is 0 Å². The van der Waals surface area contributed by atoms with Gasteiger partial charge in [-0.1, -0.05) is 72.8 Å². The lowest BCUT2D eigenvalue weighted by Gasteiger charge is -2.19. The number of Topliss-reactive ketones (excluding diaryl/α,β-unsaturated/α-hetero) is 1. The van der Waals surface area contributed by atoms with Gasteiger partial charge in [-0.3, -0.25) is 9.59 Å². The highest BCUT2D eigenvalue weighted by Gasteiger charge is 2.30. The fourth-order valence-corrected chi connectivity index (χ4v) is 4.29. The number of benzene rings is 4. The molecular weight excluding hydrogens is 517 g/mol. The maximum absolute atomic E-state index is 13.3. The molecule has 0 saturated carbocycles. The fraction of sp³-hybridized carbons (Fsp3) is 0.188. The number of halogens is 3. The van der Waals surface area contributed by atoms with Crippen LogP contribution in [0.25, 0.3) is 11.1 Å². The van der Waals surface area contributed by atoms with Gasteiger partial charge < -0.3 is 15.4 Å². The fourth-order valence-electron chi connectivity index (χ4n) is 4.29. The molecule has 40 heavy (non-hydrogen) atoms. The van der Waals surface area contributed by atoms with E-state index in [2.05, 4.69) is 10.6 Å². The Labute approximate surface area is 231 Å². The van der Waals surface area contributed by atoms with Gasteiger partial charge in [0.1, 0.15) is 5.75 Å². The molecular formula is C32H29F3N2O3. The topological polar surface area (TPSA) is 67.4 Å². The zero-order valence-electron chi connectivity index (χ0n) is 21.9. The molecule has 0 aromatic heterocycles. The van der Waals surface area contributed by atoms with Crippen LogP contribution < -0.4 is 15.4 Å². The van der Waals surface area contributed by atoms with Crippen LogP contribution in [0.1, 0.15) is 27.0 Å². The molecule has 1 atom stereocenters. The third-order valence-corrected chi connectivity index (χ3v) is 6.39. The molecule has 0 unspecified atom stereocenters. The van der Waals surface area contributed by atoms with Crippen LogP contribution in [0.5, 0.6) is 5.75 Å². The van der Waals surface area contributed by atoms with Crippen molar-refractivity contribution in [1.29, 1.82) is 0 Å². The van der Waals surface area contributed by atoms with Crippen LogP contribution in [-0.2, 0) is 23.9 Å². The predicted molar refractivity (Wildman–Crippen MR) is 148 cm³/mol. The zero-order chi connectivity index (χ0) is 28.5. The molecule has 0 fully saturated rings. The first-order valence-corrected chi connectivity index (χ1v) is 12.7. The molecule has 0 aliphatic carbocycles. The summed E-state index contributed by atoms with van der Waals surface area (Å²) in [5, 5.41) is 5.78. The second-order valence-electron chi connectivity index (χ2n) is 9.30. The number of carbonyl (C=O) groups is 2. The van der Waals surface area contributed by atoms with Gasteiger partial charge in [-0.15, -0.1) is 0 Å². The van der Waals surface area contributed by atoms with E-state index in [0.29, 0.717) is 16.9 Å². The second kappa shape index (κ2) is 13.1. The molecule has 0 aliphatic heterocycles. The van der Waals surface area contributed by atoms with Crippen molar-refractivity contribution in [2.75, 3.05) is 13.7 Å². The maximum atomic E-state index is 13.3. The number of methoxy groups -OCH3 is 1. The van der Waals surface area contributed by atoms with E-state index < -0.39 is 23.7 Å². The lowest BCUT2D eigenvalue weighted by atomic mass is 10.00. The number of hydrogen-bond acceptors (Lipinski definition) is 4. The quantitative estimate of drug-likeness (QED) is 0.239. The summed E-state index contributed by atoms with van der Waals surface area (Å²) >= 11 is 0. The Morgan fingerprint density at radius 2 is 1.48 bits per heavy atom. The monoisotopic (exact) mass is 546 g/mol. The Hall–Kier alpha value is -4.43. The molecule has 0 aliphatic rings. The first-order chi connectivity index (χ1) is 19.2. The number of hydrogen-bond donors (Lipinski definition) is 2. The Bertz CT molecular complexity index is 1460. The van der Waals surface area contributed by atoms with Gasteiger partial charge in [-0.05, 0) is 59.0 Å². The molecule has 2 N–H and O–H groups in total. The van der Waals surface area contributed by atoms with Crippen molar-refractivity contribution < 1.29 is 27.5 Å². The first-order valence-electron chi connectivity index (χ1n) is 12.7. The van der Waals surface area contributed by atoms with E-state index in [1.54, 1.807) is 31.4 Å². The number of rotatable bonds is 11. The number of carbonyl (C=O) groups excluding carboxylic acids is 2. The largest absolute Gasteiger partial charge is 0.497 e. The molecule has 4 aromatic rings. The van der Waals surface area contributed by atoms with E-state index in [4.69, 9.17) is 4.74 Å². The van der Waals surface area contributed by atoms with Crippen molar-refractivity contribution in [3.8, 4) is 16.9 Å². The summed E-state index contributed by atoms with van der Waals surface area (Å²) < 4.78 is 44.4. The van der Waals surface area contributed by atoms with Crippen LogP contribution in [0, 0.1) is 0 Å². The van der Waals surface area contributed by atoms with Crippen molar-refractivity contribution in [1.82, 2.24) is 10.6 Å². The zero-order valence-corrected chi connectivity index (χ0v) is 21.9. The molecule has 4 rings (SSSR count). The SMILES string of the molecule is COc1cccc(-c2cccc(C(=O)N[C@@H](Cc3ccccc3)C(=O)CNCc3cccc(C(F)(F)F)c3)c2)c1. The lowest BCUT2D eigenvalue weighted by molar-refractivity contribution is -0.137. The number of amides is 1. The van der Waals surface area contributed by atoms with Gasteiger partial charge in [0.15, 0.2) is 5.78 Å². The maximum Gasteiger partial charge on any atom is 0.416 e. The highest BCUT2D eigenvalue weighted by atomic mass is 19.4. The van der Waals surface area contributed by atoms with E-state index in [0.717, 1.165) is 28.8 Å². The lowest BCUT2D eigenvalue weighted by Crippen LogP contribution is -2.45. The summed E-state index contributed by atoms with van der Waals surface area (Å²) in [6, 6.07) is 28.0. The molecule has 0 bridgehead atoms. The Balaban J connectivity index is 1.46. The Morgan fingerprint density at radius 1 is 0.800 bits per heavy atom. The summed E-state index contributed by atoms with van der Waals surface area (Å²) in [5.41, 5.74) is 2.61. The summed E-state index contributed by atoms with van der Waals surface area (Å²) in [4.78, 5) is 26.5. The van der Waals surface area contributed by atoms with Crippen LogP contribution in [0.2, 0.25) is 0 Å². The Kier molecular flexibility index (Phi) is 9.35. The van der Waals surface area contributed by atoms with Crippen molar-refractivity contribution in [3.05, 3.63) is 125 Å². The smallest absolute Gasteiger partial charge is 0.416 e. The van der Waals surface area contributed by atoms with Crippen LogP contribution in [0.3, 0.4) is 0 Å². The van der Waals surface area contributed by atoms with Crippen molar-refractivity contribution in [3.63, 3.8) is 0 Å². The Morgan fingerprint density at radius 3 is 2.20 bits per heavy atom. The molecule has 4 aromatic carbocycles. The standard InChI is InChI=1S/C32H29F3N2O3/c1-40-28-15-7-12-25(19-28)24-11-6-13-26(18-24)31(39)37-29(17-22-8-3-2-4-9-22)30(38)21-36-20-23-10-5-14-27(16-23)32(33,34)35/h2-16,18-19,29,36H,17,20-21H2,1H3,(H,37,39)/t29-/m0/s1. The minimum Gasteiger partial charge on any atom is -0.497 e.